The van der Waals surface area contributed by atoms with Crippen LogP contribution in [0.4, 0.5) is 0 Å². The predicted molar refractivity (Wildman–Crippen MR) is 105 cm³/mol. The highest BCUT2D eigenvalue weighted by molar-refractivity contribution is 5.86. The molecule has 2 heterocycles. The summed E-state index contributed by atoms with van der Waals surface area (Å²) in [5.41, 5.74) is 0. The molecule has 6 nitrogen and oxygen atoms in total. The van der Waals surface area contributed by atoms with Crippen LogP contribution in [-0.2, 0) is 9.53 Å². The average Bonchev–Trinajstić information content (AvgIpc) is 2.54. The highest BCUT2D eigenvalue weighted by Crippen LogP contribution is 2.05. The van der Waals surface area contributed by atoms with E-state index in [-0.39, 0.29) is 49.2 Å². The van der Waals surface area contributed by atoms with Crippen LogP contribution in [0.1, 0.15) is 13.8 Å². The van der Waals surface area contributed by atoms with Gasteiger partial charge in [0.1, 0.15) is 6.10 Å². The number of halogens is 3. The van der Waals surface area contributed by atoms with E-state index in [1.54, 1.807) is 0 Å². The highest BCUT2D eigenvalue weighted by atomic mass is 35.5. The number of likely N-dealkylation sites (N-methyl/N-ethyl adjacent to an activating group) is 1. The van der Waals surface area contributed by atoms with Crippen molar-refractivity contribution in [2.75, 3.05) is 65.5 Å². The summed E-state index contributed by atoms with van der Waals surface area (Å²) >= 11 is 0. The van der Waals surface area contributed by atoms with Gasteiger partial charge in [0.05, 0.1) is 6.61 Å². The van der Waals surface area contributed by atoms with Gasteiger partial charge in [-0.1, -0.05) is 13.8 Å². The molecule has 0 aromatic rings. The number of ether oxygens (including phenoxy) is 1. The smallest absolute Gasteiger partial charge is 0.250 e. The van der Waals surface area contributed by atoms with Crippen LogP contribution in [0.2, 0.25) is 0 Å². The maximum absolute atomic E-state index is 12.0. The second-order valence-electron chi connectivity index (χ2n) is 6.15. The standard InChI is InChI=1S/C15H30N4O2.3ClH/c1-3-18-5-7-19(8-6-18)12-13(2)10-17-15(20)14-11-16-4-9-21-14;;;/h13-14,16H,3-12H2,1-2H3,(H,17,20);3*1H. The van der Waals surface area contributed by atoms with Crippen LogP contribution in [0.5, 0.6) is 0 Å². The lowest BCUT2D eigenvalue weighted by molar-refractivity contribution is -0.134. The Bertz CT molecular complexity index is 326. The van der Waals surface area contributed by atoms with Crippen LogP contribution in [-0.4, -0.2) is 87.3 Å². The van der Waals surface area contributed by atoms with Gasteiger partial charge in [-0.3, -0.25) is 4.79 Å². The topological polar surface area (TPSA) is 56.8 Å². The zero-order chi connectivity index (χ0) is 15.1. The summed E-state index contributed by atoms with van der Waals surface area (Å²) < 4.78 is 5.46. The first-order valence-corrected chi connectivity index (χ1v) is 8.23. The van der Waals surface area contributed by atoms with Crippen molar-refractivity contribution < 1.29 is 9.53 Å². The first-order valence-electron chi connectivity index (χ1n) is 8.23. The molecule has 0 saturated carbocycles. The SMILES string of the molecule is CCN1CCN(CC(C)CNC(=O)C2CNCCO2)CC1.Cl.Cl.Cl. The van der Waals surface area contributed by atoms with E-state index in [0.29, 0.717) is 19.1 Å². The van der Waals surface area contributed by atoms with E-state index in [0.717, 1.165) is 52.4 Å². The van der Waals surface area contributed by atoms with Crippen molar-refractivity contribution in [3.05, 3.63) is 0 Å². The van der Waals surface area contributed by atoms with Gasteiger partial charge in [0, 0.05) is 52.4 Å². The van der Waals surface area contributed by atoms with Crippen LogP contribution >= 0.6 is 37.2 Å². The van der Waals surface area contributed by atoms with Crippen molar-refractivity contribution in [2.24, 2.45) is 5.92 Å². The van der Waals surface area contributed by atoms with Gasteiger partial charge in [0.15, 0.2) is 0 Å². The van der Waals surface area contributed by atoms with Gasteiger partial charge >= 0.3 is 0 Å². The molecule has 0 radical (unpaired) electrons. The highest BCUT2D eigenvalue weighted by Gasteiger charge is 2.22. The molecule has 24 heavy (non-hydrogen) atoms. The molecule has 2 fully saturated rings. The van der Waals surface area contributed by atoms with Crippen molar-refractivity contribution in [1.82, 2.24) is 20.4 Å². The molecule has 0 aliphatic carbocycles. The Morgan fingerprint density at radius 3 is 2.38 bits per heavy atom. The molecule has 2 saturated heterocycles. The molecular formula is C15H33Cl3N4O2. The van der Waals surface area contributed by atoms with E-state index >= 15 is 0 Å². The van der Waals surface area contributed by atoms with Gasteiger partial charge in [-0.25, -0.2) is 0 Å². The van der Waals surface area contributed by atoms with Crippen LogP contribution < -0.4 is 10.6 Å². The van der Waals surface area contributed by atoms with Crippen molar-refractivity contribution in [1.29, 1.82) is 0 Å². The molecule has 2 unspecified atom stereocenters. The quantitative estimate of drug-likeness (QED) is 0.676. The number of morpholine rings is 1. The Kier molecular flexibility index (Phi) is 15.8. The fourth-order valence-corrected chi connectivity index (χ4v) is 2.92. The molecule has 2 atom stereocenters. The predicted octanol–water partition coefficient (Wildman–Crippen LogP) is 0.630. The van der Waals surface area contributed by atoms with Crippen molar-refractivity contribution in [2.45, 2.75) is 20.0 Å². The number of carbonyl (C=O) groups is 1. The Morgan fingerprint density at radius 2 is 1.83 bits per heavy atom. The van der Waals surface area contributed by atoms with Crippen LogP contribution in [0, 0.1) is 5.92 Å². The molecule has 0 aromatic heterocycles. The Hall–Kier alpha value is 0.180. The van der Waals surface area contributed by atoms with Gasteiger partial charge in [-0.05, 0) is 12.5 Å². The largest absolute Gasteiger partial charge is 0.366 e. The van der Waals surface area contributed by atoms with E-state index in [2.05, 4.69) is 34.3 Å². The number of nitrogens with zero attached hydrogens (tertiary/aromatic N) is 2. The molecular weight excluding hydrogens is 375 g/mol. The lowest BCUT2D eigenvalue weighted by atomic mass is 10.1. The number of amides is 1. The van der Waals surface area contributed by atoms with Crippen molar-refractivity contribution >= 4 is 43.1 Å². The van der Waals surface area contributed by atoms with E-state index in [1.165, 1.54) is 0 Å². The van der Waals surface area contributed by atoms with Crippen LogP contribution in [0.25, 0.3) is 0 Å². The number of carbonyl (C=O) groups excluding carboxylic acids is 1. The molecule has 0 bridgehead atoms. The minimum Gasteiger partial charge on any atom is -0.366 e. The first kappa shape index (κ1) is 26.4. The van der Waals surface area contributed by atoms with Gasteiger partial charge < -0.3 is 25.2 Å². The molecule has 146 valence electrons. The monoisotopic (exact) mass is 406 g/mol. The maximum Gasteiger partial charge on any atom is 0.250 e. The normalized spacial score (nSPS) is 23.2. The summed E-state index contributed by atoms with van der Waals surface area (Å²) in [5, 5.41) is 6.20. The second-order valence-corrected chi connectivity index (χ2v) is 6.15. The molecule has 2 aliphatic rings. The fourth-order valence-electron chi connectivity index (χ4n) is 2.92. The fraction of sp³-hybridized carbons (Fsp3) is 0.933. The summed E-state index contributed by atoms with van der Waals surface area (Å²) in [7, 11) is 0. The maximum atomic E-state index is 12.0. The summed E-state index contributed by atoms with van der Waals surface area (Å²) in [6.07, 6.45) is -0.320. The van der Waals surface area contributed by atoms with Crippen LogP contribution in [0.15, 0.2) is 0 Å². The minimum atomic E-state index is -0.320. The molecule has 1 amide bonds. The summed E-state index contributed by atoms with van der Waals surface area (Å²) in [4.78, 5) is 17.0. The molecule has 2 rings (SSSR count). The number of hydrogen-bond acceptors (Lipinski definition) is 5. The van der Waals surface area contributed by atoms with Crippen molar-refractivity contribution in [3.63, 3.8) is 0 Å². The Balaban J connectivity index is 0. The molecule has 0 aromatic carbocycles. The van der Waals surface area contributed by atoms with Crippen molar-refractivity contribution in [3.8, 4) is 0 Å². The zero-order valence-electron chi connectivity index (χ0n) is 14.7. The third kappa shape index (κ3) is 9.04. The first-order chi connectivity index (χ1) is 10.2. The molecule has 0 spiro atoms. The lowest BCUT2D eigenvalue weighted by Crippen LogP contribution is -2.50. The van der Waals surface area contributed by atoms with Gasteiger partial charge in [0.25, 0.3) is 0 Å². The van der Waals surface area contributed by atoms with E-state index < -0.39 is 0 Å². The van der Waals surface area contributed by atoms with Gasteiger partial charge in [-0.2, -0.15) is 0 Å². The summed E-state index contributed by atoms with van der Waals surface area (Å²) in [6, 6.07) is 0. The Morgan fingerprint density at radius 1 is 1.21 bits per heavy atom. The molecule has 2 aliphatic heterocycles. The zero-order valence-corrected chi connectivity index (χ0v) is 17.1. The number of nitrogens with one attached hydrogen (secondary N) is 2. The van der Waals surface area contributed by atoms with E-state index in [1.807, 2.05) is 0 Å². The Labute approximate surface area is 164 Å². The third-order valence-corrected chi connectivity index (χ3v) is 4.33. The minimum absolute atomic E-state index is 0. The van der Waals surface area contributed by atoms with Crippen LogP contribution in [0.3, 0.4) is 0 Å². The summed E-state index contributed by atoms with van der Waals surface area (Å²) in [6.45, 7) is 14.0. The summed E-state index contributed by atoms with van der Waals surface area (Å²) in [5.74, 6) is 0.489. The van der Waals surface area contributed by atoms with Gasteiger partial charge in [-0.15, -0.1) is 37.2 Å². The second kappa shape index (κ2) is 14.4. The number of hydrogen-bond donors (Lipinski definition) is 2. The molecule has 2 N–H and O–H groups in total. The number of rotatable bonds is 6. The third-order valence-electron chi connectivity index (χ3n) is 4.33. The molecule has 9 heteroatoms. The van der Waals surface area contributed by atoms with E-state index in [4.69, 9.17) is 4.74 Å². The lowest BCUT2D eigenvalue weighted by Gasteiger charge is -2.35. The average molecular weight is 408 g/mol. The van der Waals surface area contributed by atoms with Gasteiger partial charge in [0.2, 0.25) is 5.91 Å². The number of piperazine rings is 1. The van der Waals surface area contributed by atoms with E-state index in [9.17, 15) is 4.79 Å².